The molecule has 0 saturated carbocycles. The van der Waals surface area contributed by atoms with E-state index in [1.165, 1.54) is 0 Å². The average molecular weight is 317 g/mol. The molecule has 2 aromatic rings. The molecule has 0 aliphatic rings. The highest BCUT2D eigenvalue weighted by Gasteiger charge is 2.06. The molecule has 1 aromatic carbocycles. The summed E-state index contributed by atoms with van der Waals surface area (Å²) in [7, 11) is 4.99. The summed E-state index contributed by atoms with van der Waals surface area (Å²) in [5, 5.41) is 2.01. The summed E-state index contributed by atoms with van der Waals surface area (Å²) in [5.41, 5.74) is 0.856. The number of rotatable bonds is 6. The minimum atomic E-state index is -0.0461. The molecule has 0 fully saturated rings. The van der Waals surface area contributed by atoms with Crippen molar-refractivity contribution in [3.05, 3.63) is 52.2 Å². The van der Waals surface area contributed by atoms with Crippen LogP contribution in [0, 0.1) is 0 Å². The molecule has 0 atom stereocenters. The van der Waals surface area contributed by atoms with Crippen molar-refractivity contribution in [3.63, 3.8) is 0 Å². The van der Waals surface area contributed by atoms with Gasteiger partial charge in [0.2, 0.25) is 5.91 Å². The third kappa shape index (κ3) is 4.36. The zero-order chi connectivity index (χ0) is 15.9. The van der Waals surface area contributed by atoms with E-state index in [0.29, 0.717) is 18.0 Å². The molecule has 0 bridgehead atoms. The van der Waals surface area contributed by atoms with Gasteiger partial charge in [0.1, 0.15) is 11.5 Å². The molecule has 4 nitrogen and oxygen atoms in total. The Morgan fingerprint density at radius 1 is 1.23 bits per heavy atom. The number of ether oxygens (including phenoxy) is 2. The highest BCUT2D eigenvalue weighted by atomic mass is 32.1. The quantitative estimate of drug-likeness (QED) is 0.766. The first kappa shape index (κ1) is 16.1. The first-order valence-electron chi connectivity index (χ1n) is 6.81. The van der Waals surface area contributed by atoms with E-state index in [0.717, 1.165) is 10.4 Å². The van der Waals surface area contributed by atoms with Crippen LogP contribution in [0.15, 0.2) is 41.8 Å². The van der Waals surface area contributed by atoms with E-state index in [2.05, 4.69) is 0 Å². The Labute approximate surface area is 134 Å². The van der Waals surface area contributed by atoms with E-state index in [4.69, 9.17) is 9.47 Å². The molecule has 116 valence electrons. The molecule has 0 saturated heterocycles. The van der Waals surface area contributed by atoms with Crippen LogP contribution in [0.3, 0.4) is 0 Å². The second-order valence-electron chi connectivity index (χ2n) is 4.75. The summed E-state index contributed by atoms with van der Waals surface area (Å²) in [4.78, 5) is 15.0. The minimum absolute atomic E-state index is 0.0461. The van der Waals surface area contributed by atoms with E-state index < -0.39 is 0 Å². The number of hydrogen-bond acceptors (Lipinski definition) is 4. The minimum Gasteiger partial charge on any atom is -0.497 e. The SMILES string of the molecule is COc1cc(/C=C/C(=O)N(C)Cc2cccs2)cc(OC)c1. The van der Waals surface area contributed by atoms with Crippen molar-refractivity contribution in [2.75, 3.05) is 21.3 Å². The smallest absolute Gasteiger partial charge is 0.246 e. The second-order valence-corrected chi connectivity index (χ2v) is 5.79. The maximum absolute atomic E-state index is 12.1. The molecule has 0 N–H and O–H groups in total. The molecule has 0 aliphatic carbocycles. The van der Waals surface area contributed by atoms with Gasteiger partial charge in [-0.3, -0.25) is 4.79 Å². The first-order chi connectivity index (χ1) is 10.6. The Balaban J connectivity index is 2.05. The summed E-state index contributed by atoms with van der Waals surface area (Å²) in [6.07, 6.45) is 3.32. The maximum atomic E-state index is 12.1. The number of nitrogens with zero attached hydrogens (tertiary/aromatic N) is 1. The van der Waals surface area contributed by atoms with E-state index in [9.17, 15) is 4.79 Å². The molecular weight excluding hydrogens is 298 g/mol. The molecule has 0 spiro atoms. The molecule has 1 heterocycles. The standard InChI is InChI=1S/C17H19NO3S/c1-18(12-16-5-4-8-22-16)17(19)7-6-13-9-14(20-2)11-15(10-13)21-3/h4-11H,12H2,1-3H3/b7-6+. The topological polar surface area (TPSA) is 38.8 Å². The predicted octanol–water partition coefficient (Wildman–Crippen LogP) is 3.44. The van der Waals surface area contributed by atoms with Crippen LogP contribution >= 0.6 is 11.3 Å². The van der Waals surface area contributed by atoms with Gasteiger partial charge in [-0.2, -0.15) is 0 Å². The summed E-state index contributed by atoms with van der Waals surface area (Å²) >= 11 is 1.64. The van der Waals surface area contributed by atoms with Gasteiger partial charge in [0.05, 0.1) is 20.8 Å². The lowest BCUT2D eigenvalue weighted by molar-refractivity contribution is -0.125. The number of carbonyl (C=O) groups excluding carboxylic acids is 1. The number of methoxy groups -OCH3 is 2. The van der Waals surface area contributed by atoms with Crippen LogP contribution < -0.4 is 9.47 Å². The van der Waals surface area contributed by atoms with E-state index >= 15 is 0 Å². The van der Waals surface area contributed by atoms with Crippen molar-refractivity contribution in [1.82, 2.24) is 4.90 Å². The fourth-order valence-corrected chi connectivity index (χ4v) is 2.69. The summed E-state index contributed by atoms with van der Waals surface area (Å²) < 4.78 is 10.4. The molecular formula is C17H19NO3S. The molecule has 22 heavy (non-hydrogen) atoms. The average Bonchev–Trinajstić information content (AvgIpc) is 3.04. The zero-order valence-electron chi connectivity index (χ0n) is 12.9. The van der Waals surface area contributed by atoms with Crippen molar-refractivity contribution in [1.29, 1.82) is 0 Å². The van der Waals surface area contributed by atoms with E-state index in [1.54, 1.807) is 55.7 Å². The van der Waals surface area contributed by atoms with Gasteiger partial charge in [-0.15, -0.1) is 11.3 Å². The zero-order valence-corrected chi connectivity index (χ0v) is 13.7. The predicted molar refractivity (Wildman–Crippen MR) is 89.4 cm³/mol. The number of benzene rings is 1. The van der Waals surface area contributed by atoms with Crippen LogP contribution in [0.2, 0.25) is 0 Å². The van der Waals surface area contributed by atoms with Crippen LogP contribution in [0.1, 0.15) is 10.4 Å². The lowest BCUT2D eigenvalue weighted by Gasteiger charge is -2.13. The van der Waals surface area contributed by atoms with Gasteiger partial charge in [-0.25, -0.2) is 0 Å². The van der Waals surface area contributed by atoms with Gasteiger partial charge < -0.3 is 14.4 Å². The molecule has 0 aliphatic heterocycles. The number of hydrogen-bond donors (Lipinski definition) is 0. The van der Waals surface area contributed by atoms with Crippen LogP contribution in [-0.4, -0.2) is 32.1 Å². The van der Waals surface area contributed by atoms with Crippen LogP contribution in [0.25, 0.3) is 6.08 Å². The van der Waals surface area contributed by atoms with Gasteiger partial charge in [0, 0.05) is 24.1 Å². The number of thiophene rings is 1. The van der Waals surface area contributed by atoms with Gasteiger partial charge >= 0.3 is 0 Å². The van der Waals surface area contributed by atoms with Gasteiger partial charge in [0.25, 0.3) is 0 Å². The third-order valence-corrected chi connectivity index (χ3v) is 4.00. The van der Waals surface area contributed by atoms with Gasteiger partial charge in [0.15, 0.2) is 0 Å². The van der Waals surface area contributed by atoms with Crippen LogP contribution in [0.5, 0.6) is 11.5 Å². The fraction of sp³-hybridized carbons (Fsp3) is 0.235. The van der Waals surface area contributed by atoms with E-state index in [-0.39, 0.29) is 5.91 Å². The lowest BCUT2D eigenvalue weighted by atomic mass is 10.2. The highest BCUT2D eigenvalue weighted by Crippen LogP contribution is 2.23. The normalized spacial score (nSPS) is 10.7. The molecule has 2 rings (SSSR count). The maximum Gasteiger partial charge on any atom is 0.246 e. The lowest BCUT2D eigenvalue weighted by Crippen LogP contribution is -2.23. The van der Waals surface area contributed by atoms with Crippen LogP contribution in [-0.2, 0) is 11.3 Å². The fourth-order valence-electron chi connectivity index (χ4n) is 1.93. The van der Waals surface area contributed by atoms with Crippen molar-refractivity contribution < 1.29 is 14.3 Å². The Kier molecular flexibility index (Phi) is 5.61. The number of carbonyl (C=O) groups is 1. The summed E-state index contributed by atoms with van der Waals surface area (Å²) in [6, 6.07) is 9.50. The molecule has 1 aromatic heterocycles. The van der Waals surface area contributed by atoms with Crippen LogP contribution in [0.4, 0.5) is 0 Å². The van der Waals surface area contributed by atoms with Crippen molar-refractivity contribution in [3.8, 4) is 11.5 Å². The first-order valence-corrected chi connectivity index (χ1v) is 7.69. The van der Waals surface area contributed by atoms with Gasteiger partial charge in [-0.1, -0.05) is 6.07 Å². The molecule has 0 radical (unpaired) electrons. The van der Waals surface area contributed by atoms with Crippen molar-refractivity contribution in [2.24, 2.45) is 0 Å². The number of amides is 1. The van der Waals surface area contributed by atoms with Gasteiger partial charge in [-0.05, 0) is 35.2 Å². The van der Waals surface area contributed by atoms with Crippen molar-refractivity contribution in [2.45, 2.75) is 6.54 Å². The molecule has 5 heteroatoms. The molecule has 1 amide bonds. The Bertz CT molecular complexity index is 628. The Morgan fingerprint density at radius 2 is 1.91 bits per heavy atom. The highest BCUT2D eigenvalue weighted by molar-refractivity contribution is 7.09. The largest absolute Gasteiger partial charge is 0.497 e. The molecule has 0 unspecified atom stereocenters. The van der Waals surface area contributed by atoms with Crippen molar-refractivity contribution >= 4 is 23.3 Å². The number of likely N-dealkylation sites (N-methyl/N-ethyl adjacent to an activating group) is 1. The summed E-state index contributed by atoms with van der Waals surface area (Å²) in [5.74, 6) is 1.34. The Hall–Kier alpha value is -2.27. The van der Waals surface area contributed by atoms with E-state index in [1.807, 2.05) is 29.6 Å². The Morgan fingerprint density at radius 3 is 2.45 bits per heavy atom. The monoisotopic (exact) mass is 317 g/mol. The third-order valence-electron chi connectivity index (χ3n) is 3.14. The second kappa shape index (κ2) is 7.66. The summed E-state index contributed by atoms with van der Waals surface area (Å²) in [6.45, 7) is 0.613.